The third kappa shape index (κ3) is 2.70. The third-order valence-electron chi connectivity index (χ3n) is 4.70. The van der Waals surface area contributed by atoms with Gasteiger partial charge in [-0.2, -0.15) is 4.39 Å². The Morgan fingerprint density at radius 3 is 2.62 bits per heavy atom. The van der Waals surface area contributed by atoms with Crippen molar-refractivity contribution in [2.45, 2.75) is 18.9 Å². The van der Waals surface area contributed by atoms with Crippen molar-refractivity contribution in [3.8, 4) is 0 Å². The number of benzene rings is 1. The van der Waals surface area contributed by atoms with Gasteiger partial charge in [0.1, 0.15) is 0 Å². The van der Waals surface area contributed by atoms with Crippen LogP contribution in [0.2, 0.25) is 0 Å². The number of para-hydroxylation sites is 1. The summed E-state index contributed by atoms with van der Waals surface area (Å²) in [7, 11) is 0. The van der Waals surface area contributed by atoms with E-state index in [-0.39, 0.29) is 12.4 Å². The molecule has 2 unspecified atom stereocenters. The number of hydrogen-bond donors (Lipinski definition) is 2. The second-order valence-corrected chi connectivity index (χ2v) is 6.00. The van der Waals surface area contributed by atoms with Gasteiger partial charge >= 0.3 is 0 Å². The lowest BCUT2D eigenvalue weighted by atomic mass is 10.0. The first kappa shape index (κ1) is 14.5. The molecule has 2 heterocycles. The van der Waals surface area contributed by atoms with Crippen molar-refractivity contribution in [2.75, 3.05) is 18.4 Å². The highest BCUT2D eigenvalue weighted by Gasteiger charge is 2.37. The van der Waals surface area contributed by atoms with E-state index in [1.165, 1.54) is 18.9 Å². The van der Waals surface area contributed by atoms with Gasteiger partial charge in [-0.3, -0.25) is 0 Å². The molecule has 1 aromatic carbocycles. The number of halogens is 2. The Labute approximate surface area is 129 Å². The van der Waals surface area contributed by atoms with E-state index in [9.17, 15) is 4.39 Å². The molecule has 2 aliphatic rings. The molecular formula is C16H19ClFN3. The fourth-order valence-corrected chi connectivity index (χ4v) is 3.77. The van der Waals surface area contributed by atoms with Crippen LogP contribution in [0.3, 0.4) is 0 Å². The number of fused-ring (bicyclic) bond motifs is 2. The number of nitrogens with one attached hydrogen (secondary N) is 2. The molecule has 2 N–H and O–H groups in total. The van der Waals surface area contributed by atoms with Crippen molar-refractivity contribution in [3.63, 3.8) is 0 Å². The normalized spacial score (nSPS) is 27.4. The summed E-state index contributed by atoms with van der Waals surface area (Å²) in [5, 5.41) is 8.00. The molecule has 0 amide bonds. The van der Waals surface area contributed by atoms with Crippen molar-refractivity contribution < 1.29 is 4.39 Å². The smallest absolute Gasteiger partial charge is 0.215 e. The van der Waals surface area contributed by atoms with E-state index in [2.05, 4.69) is 15.6 Å². The van der Waals surface area contributed by atoms with Gasteiger partial charge in [0.05, 0.1) is 5.52 Å². The zero-order valence-corrected chi connectivity index (χ0v) is 12.5. The third-order valence-corrected chi connectivity index (χ3v) is 4.70. The van der Waals surface area contributed by atoms with Gasteiger partial charge in [-0.05, 0) is 43.8 Å². The summed E-state index contributed by atoms with van der Waals surface area (Å²) in [6.45, 7) is 2.27. The van der Waals surface area contributed by atoms with Gasteiger partial charge < -0.3 is 10.6 Å². The first-order valence-electron chi connectivity index (χ1n) is 7.32. The van der Waals surface area contributed by atoms with Gasteiger partial charge in [-0.25, -0.2) is 4.98 Å². The average Bonchev–Trinajstić information content (AvgIpc) is 2.99. The van der Waals surface area contributed by atoms with E-state index in [1.54, 1.807) is 0 Å². The minimum atomic E-state index is -0.411. The predicted octanol–water partition coefficient (Wildman–Crippen LogP) is 3.21. The molecule has 1 aliphatic heterocycles. The van der Waals surface area contributed by atoms with E-state index in [0.29, 0.717) is 6.04 Å². The standard InChI is InChI=1S/C16H18FN3.ClH/c17-16-7-15(13-3-1-2-4-14(13)20-16)19-12-5-10-8-18-9-11(10)6-12;/h1-4,7,10-12,18H,5-6,8-9H2,(H,19,20);1H. The number of aromatic nitrogens is 1. The quantitative estimate of drug-likeness (QED) is 0.837. The van der Waals surface area contributed by atoms with Crippen LogP contribution >= 0.6 is 12.4 Å². The van der Waals surface area contributed by atoms with Crippen LogP contribution in [0, 0.1) is 17.8 Å². The van der Waals surface area contributed by atoms with Crippen molar-refractivity contribution in [1.29, 1.82) is 0 Å². The van der Waals surface area contributed by atoms with Crippen molar-refractivity contribution >= 4 is 29.0 Å². The van der Waals surface area contributed by atoms with Crippen LogP contribution in [-0.2, 0) is 0 Å². The average molecular weight is 308 g/mol. The van der Waals surface area contributed by atoms with Crippen molar-refractivity contribution in [1.82, 2.24) is 10.3 Å². The molecule has 0 spiro atoms. The summed E-state index contributed by atoms with van der Waals surface area (Å²) in [5.74, 6) is 1.15. The number of pyridine rings is 1. The van der Waals surface area contributed by atoms with Crippen LogP contribution in [0.5, 0.6) is 0 Å². The summed E-state index contributed by atoms with van der Waals surface area (Å²) >= 11 is 0. The van der Waals surface area contributed by atoms with E-state index in [4.69, 9.17) is 0 Å². The minimum absolute atomic E-state index is 0. The lowest BCUT2D eigenvalue weighted by Crippen LogP contribution is -2.20. The summed E-state index contributed by atoms with van der Waals surface area (Å²) in [5.41, 5.74) is 1.60. The highest BCUT2D eigenvalue weighted by molar-refractivity contribution is 5.91. The van der Waals surface area contributed by atoms with Crippen LogP contribution in [0.15, 0.2) is 30.3 Å². The molecule has 0 radical (unpaired) electrons. The highest BCUT2D eigenvalue weighted by atomic mass is 35.5. The van der Waals surface area contributed by atoms with Gasteiger partial charge in [-0.1, -0.05) is 18.2 Å². The van der Waals surface area contributed by atoms with E-state index < -0.39 is 5.95 Å². The first-order valence-corrected chi connectivity index (χ1v) is 7.32. The van der Waals surface area contributed by atoms with Gasteiger partial charge in [0.2, 0.25) is 5.95 Å². The Morgan fingerprint density at radius 2 is 1.86 bits per heavy atom. The topological polar surface area (TPSA) is 37.0 Å². The fourth-order valence-electron chi connectivity index (χ4n) is 3.77. The van der Waals surface area contributed by atoms with E-state index in [0.717, 1.165) is 41.5 Å². The Morgan fingerprint density at radius 1 is 1.14 bits per heavy atom. The highest BCUT2D eigenvalue weighted by Crippen LogP contribution is 2.36. The molecule has 3 nitrogen and oxygen atoms in total. The van der Waals surface area contributed by atoms with Crippen LogP contribution in [-0.4, -0.2) is 24.1 Å². The second-order valence-electron chi connectivity index (χ2n) is 6.00. The second kappa shape index (κ2) is 5.78. The summed E-state index contributed by atoms with van der Waals surface area (Å²) in [4.78, 5) is 3.95. The summed E-state index contributed by atoms with van der Waals surface area (Å²) in [6, 6.07) is 9.70. The van der Waals surface area contributed by atoms with E-state index >= 15 is 0 Å². The maximum Gasteiger partial charge on any atom is 0.215 e. The Kier molecular flexibility index (Phi) is 4.00. The molecule has 0 bridgehead atoms. The van der Waals surface area contributed by atoms with Gasteiger partial charge in [0.15, 0.2) is 0 Å². The molecule has 5 heteroatoms. The van der Waals surface area contributed by atoms with E-state index in [1.807, 2.05) is 24.3 Å². The molecule has 1 aromatic heterocycles. The maximum atomic E-state index is 13.6. The van der Waals surface area contributed by atoms with Gasteiger partial charge in [-0.15, -0.1) is 12.4 Å². The molecule has 1 saturated heterocycles. The molecule has 1 saturated carbocycles. The zero-order valence-electron chi connectivity index (χ0n) is 11.7. The van der Waals surface area contributed by atoms with Crippen LogP contribution in [0.25, 0.3) is 10.9 Å². The van der Waals surface area contributed by atoms with Crippen molar-refractivity contribution in [3.05, 3.63) is 36.3 Å². The molecule has 112 valence electrons. The first-order chi connectivity index (χ1) is 9.79. The summed E-state index contributed by atoms with van der Waals surface area (Å²) in [6.07, 6.45) is 2.35. The lowest BCUT2D eigenvalue weighted by Gasteiger charge is -2.17. The SMILES string of the molecule is Cl.Fc1cc(NC2CC3CNCC3C2)c2ccccc2n1. The number of nitrogens with zero attached hydrogens (tertiary/aromatic N) is 1. The van der Waals surface area contributed by atoms with Crippen LogP contribution < -0.4 is 10.6 Å². The molecule has 2 aromatic rings. The predicted molar refractivity (Wildman–Crippen MR) is 85.4 cm³/mol. The molecule has 2 fully saturated rings. The molecule has 4 rings (SSSR count). The monoisotopic (exact) mass is 307 g/mol. The molecular weight excluding hydrogens is 289 g/mol. The number of anilines is 1. The van der Waals surface area contributed by atoms with Gasteiger partial charge in [0, 0.05) is 23.2 Å². The Hall–Kier alpha value is -1.39. The van der Waals surface area contributed by atoms with Crippen LogP contribution in [0.4, 0.5) is 10.1 Å². The van der Waals surface area contributed by atoms with Crippen molar-refractivity contribution in [2.24, 2.45) is 11.8 Å². The Bertz CT molecular complexity index is 636. The lowest BCUT2D eigenvalue weighted by molar-refractivity contribution is 0.494. The molecule has 2 atom stereocenters. The largest absolute Gasteiger partial charge is 0.382 e. The van der Waals surface area contributed by atoms with Gasteiger partial charge in [0.25, 0.3) is 0 Å². The minimum Gasteiger partial charge on any atom is -0.382 e. The Balaban J connectivity index is 0.00000132. The van der Waals surface area contributed by atoms with Crippen LogP contribution in [0.1, 0.15) is 12.8 Å². The molecule has 1 aliphatic carbocycles. The number of rotatable bonds is 2. The molecule has 21 heavy (non-hydrogen) atoms. The summed E-state index contributed by atoms with van der Waals surface area (Å²) < 4.78 is 13.6. The zero-order chi connectivity index (χ0) is 13.5. The number of hydrogen-bond acceptors (Lipinski definition) is 3. The maximum absolute atomic E-state index is 13.6. The fraction of sp³-hybridized carbons (Fsp3) is 0.438.